The van der Waals surface area contributed by atoms with Crippen LogP contribution in [0.1, 0.15) is 19.0 Å². The van der Waals surface area contributed by atoms with Gasteiger partial charge in [0.15, 0.2) is 0 Å². The molecule has 0 bridgehead atoms. The van der Waals surface area contributed by atoms with Gasteiger partial charge in [-0.1, -0.05) is 0 Å². The van der Waals surface area contributed by atoms with Crippen LogP contribution in [0.5, 0.6) is 0 Å². The van der Waals surface area contributed by atoms with Crippen LogP contribution >= 0.6 is 0 Å². The number of aromatic nitrogens is 2. The highest BCUT2D eigenvalue weighted by Crippen LogP contribution is 2.12. The molecular formula is C11H19N3O2. The molecule has 1 unspecified atom stereocenters. The number of rotatable bonds is 6. The molecule has 2 N–H and O–H groups in total. The lowest BCUT2D eigenvalue weighted by Gasteiger charge is -2.23. The molecule has 0 aromatic carbocycles. The minimum absolute atomic E-state index is 0.426. The molecule has 0 saturated carbocycles. The van der Waals surface area contributed by atoms with Crippen molar-refractivity contribution in [3.8, 4) is 0 Å². The van der Waals surface area contributed by atoms with Crippen LogP contribution in [0.2, 0.25) is 0 Å². The largest absolute Gasteiger partial charge is 0.388 e. The maximum Gasteiger partial charge on any atom is 0.147 e. The van der Waals surface area contributed by atoms with Gasteiger partial charge in [-0.15, -0.1) is 0 Å². The van der Waals surface area contributed by atoms with Crippen LogP contribution in [0.15, 0.2) is 12.4 Å². The molecule has 0 aliphatic heterocycles. The normalized spacial score (nSPS) is 14.5. The number of methoxy groups -OCH3 is 1. The number of nitrogens with one attached hydrogen (secondary N) is 1. The summed E-state index contributed by atoms with van der Waals surface area (Å²) in [6, 6.07) is 0. The van der Waals surface area contributed by atoms with E-state index in [0.717, 1.165) is 5.69 Å². The smallest absolute Gasteiger partial charge is 0.147 e. The molecule has 0 aliphatic rings. The highest BCUT2D eigenvalue weighted by atomic mass is 16.5. The molecule has 1 aromatic heterocycles. The van der Waals surface area contributed by atoms with E-state index in [2.05, 4.69) is 15.3 Å². The monoisotopic (exact) mass is 225 g/mol. The van der Waals surface area contributed by atoms with E-state index in [4.69, 9.17) is 4.74 Å². The minimum atomic E-state index is -0.806. The number of hydrogen-bond donors (Lipinski definition) is 2. The van der Waals surface area contributed by atoms with Crippen molar-refractivity contribution in [3.05, 3.63) is 18.1 Å². The van der Waals surface area contributed by atoms with Crippen LogP contribution in [-0.4, -0.2) is 40.9 Å². The van der Waals surface area contributed by atoms with Gasteiger partial charge >= 0.3 is 0 Å². The number of anilines is 1. The molecule has 16 heavy (non-hydrogen) atoms. The van der Waals surface area contributed by atoms with E-state index in [1.807, 2.05) is 6.92 Å². The van der Waals surface area contributed by atoms with Crippen LogP contribution in [0.3, 0.4) is 0 Å². The SMILES string of the molecule is COCCC(C)(O)CNc1nccnc1C. The first-order valence-corrected chi connectivity index (χ1v) is 5.28. The number of hydrogen-bond acceptors (Lipinski definition) is 5. The summed E-state index contributed by atoms with van der Waals surface area (Å²) in [6.45, 7) is 4.61. The quantitative estimate of drug-likeness (QED) is 0.755. The van der Waals surface area contributed by atoms with Gasteiger partial charge in [-0.2, -0.15) is 0 Å². The Morgan fingerprint density at radius 3 is 2.75 bits per heavy atom. The Hall–Kier alpha value is -1.20. The number of ether oxygens (including phenoxy) is 1. The predicted octanol–water partition coefficient (Wildman–Crippen LogP) is 0.984. The van der Waals surface area contributed by atoms with Crippen LogP contribution in [-0.2, 0) is 4.74 Å². The summed E-state index contributed by atoms with van der Waals surface area (Å²) in [5.74, 6) is 0.709. The zero-order valence-corrected chi connectivity index (χ0v) is 10.0. The zero-order valence-electron chi connectivity index (χ0n) is 10.0. The Balaban J connectivity index is 2.47. The fourth-order valence-electron chi connectivity index (χ4n) is 1.27. The van der Waals surface area contributed by atoms with Gasteiger partial charge < -0.3 is 15.2 Å². The van der Waals surface area contributed by atoms with Crippen molar-refractivity contribution in [3.63, 3.8) is 0 Å². The van der Waals surface area contributed by atoms with Crippen molar-refractivity contribution in [1.29, 1.82) is 0 Å². The fraction of sp³-hybridized carbons (Fsp3) is 0.636. The summed E-state index contributed by atoms with van der Waals surface area (Å²) in [5.41, 5.74) is 0.0185. The van der Waals surface area contributed by atoms with Gasteiger partial charge in [0.25, 0.3) is 0 Å². The first-order valence-electron chi connectivity index (χ1n) is 5.28. The number of aryl methyl sites for hydroxylation is 1. The van der Waals surface area contributed by atoms with Crippen molar-refractivity contribution >= 4 is 5.82 Å². The molecular weight excluding hydrogens is 206 g/mol. The second kappa shape index (κ2) is 5.77. The van der Waals surface area contributed by atoms with E-state index in [-0.39, 0.29) is 0 Å². The van der Waals surface area contributed by atoms with E-state index in [0.29, 0.717) is 25.4 Å². The Labute approximate surface area is 95.9 Å². The van der Waals surface area contributed by atoms with Crippen molar-refractivity contribution in [2.75, 3.05) is 25.6 Å². The van der Waals surface area contributed by atoms with Crippen molar-refractivity contribution in [1.82, 2.24) is 9.97 Å². The number of aliphatic hydroxyl groups is 1. The molecule has 5 nitrogen and oxygen atoms in total. The summed E-state index contributed by atoms with van der Waals surface area (Å²) < 4.78 is 4.94. The lowest BCUT2D eigenvalue weighted by Crippen LogP contribution is -2.35. The second-order valence-electron chi connectivity index (χ2n) is 4.08. The molecule has 0 spiro atoms. The average Bonchev–Trinajstić information content (AvgIpc) is 2.26. The Kier molecular flexibility index (Phi) is 4.64. The molecule has 1 rings (SSSR count). The molecule has 0 fully saturated rings. The van der Waals surface area contributed by atoms with Crippen LogP contribution < -0.4 is 5.32 Å². The van der Waals surface area contributed by atoms with Gasteiger partial charge in [-0.25, -0.2) is 4.98 Å². The Morgan fingerprint density at radius 1 is 1.44 bits per heavy atom. The lowest BCUT2D eigenvalue weighted by atomic mass is 10.0. The van der Waals surface area contributed by atoms with E-state index in [1.54, 1.807) is 26.4 Å². The highest BCUT2D eigenvalue weighted by Gasteiger charge is 2.20. The predicted molar refractivity (Wildman–Crippen MR) is 62.4 cm³/mol. The zero-order chi connectivity index (χ0) is 12.0. The third-order valence-electron chi connectivity index (χ3n) is 2.36. The molecule has 5 heteroatoms. The van der Waals surface area contributed by atoms with E-state index < -0.39 is 5.60 Å². The molecule has 1 atom stereocenters. The summed E-state index contributed by atoms with van der Waals surface area (Å²) in [7, 11) is 1.62. The lowest BCUT2D eigenvalue weighted by molar-refractivity contribution is 0.0357. The topological polar surface area (TPSA) is 67.3 Å². The van der Waals surface area contributed by atoms with Gasteiger partial charge in [0.05, 0.1) is 11.3 Å². The average molecular weight is 225 g/mol. The van der Waals surface area contributed by atoms with E-state index in [9.17, 15) is 5.11 Å². The summed E-state index contributed by atoms with van der Waals surface area (Å²) in [4.78, 5) is 8.26. The summed E-state index contributed by atoms with van der Waals surface area (Å²) in [6.07, 6.45) is 3.85. The third kappa shape index (κ3) is 4.12. The van der Waals surface area contributed by atoms with Crippen LogP contribution in [0.4, 0.5) is 5.82 Å². The summed E-state index contributed by atoms with van der Waals surface area (Å²) >= 11 is 0. The van der Waals surface area contributed by atoms with Gasteiger partial charge in [0, 0.05) is 39.1 Å². The van der Waals surface area contributed by atoms with Crippen molar-refractivity contribution < 1.29 is 9.84 Å². The maximum atomic E-state index is 10.0. The molecule has 1 aromatic rings. The Bertz CT molecular complexity index is 329. The first kappa shape index (κ1) is 12.9. The third-order valence-corrected chi connectivity index (χ3v) is 2.36. The second-order valence-corrected chi connectivity index (χ2v) is 4.08. The minimum Gasteiger partial charge on any atom is -0.388 e. The van der Waals surface area contributed by atoms with Crippen LogP contribution in [0.25, 0.3) is 0 Å². The van der Waals surface area contributed by atoms with Crippen molar-refractivity contribution in [2.45, 2.75) is 25.9 Å². The maximum absolute atomic E-state index is 10.0. The van der Waals surface area contributed by atoms with Gasteiger partial charge in [-0.05, 0) is 13.8 Å². The fourth-order valence-corrected chi connectivity index (χ4v) is 1.27. The Morgan fingerprint density at radius 2 is 2.12 bits per heavy atom. The molecule has 0 saturated heterocycles. The molecule has 90 valence electrons. The molecule has 0 radical (unpaired) electrons. The molecule has 0 aliphatic carbocycles. The van der Waals surface area contributed by atoms with E-state index >= 15 is 0 Å². The van der Waals surface area contributed by atoms with E-state index in [1.165, 1.54) is 0 Å². The summed E-state index contributed by atoms with van der Waals surface area (Å²) in [5, 5.41) is 13.1. The number of nitrogens with zero attached hydrogens (tertiary/aromatic N) is 2. The standard InChI is InChI=1S/C11H19N3O2/c1-9-10(13-6-5-12-9)14-8-11(2,15)4-7-16-3/h5-6,15H,4,7-8H2,1-3H3,(H,13,14). The highest BCUT2D eigenvalue weighted by molar-refractivity contribution is 5.38. The van der Waals surface area contributed by atoms with Gasteiger partial charge in [0.2, 0.25) is 0 Å². The molecule has 0 amide bonds. The van der Waals surface area contributed by atoms with Crippen molar-refractivity contribution in [2.24, 2.45) is 0 Å². The molecule has 1 heterocycles. The van der Waals surface area contributed by atoms with Gasteiger partial charge in [-0.3, -0.25) is 4.98 Å². The first-order chi connectivity index (χ1) is 7.55. The van der Waals surface area contributed by atoms with Gasteiger partial charge in [0.1, 0.15) is 5.82 Å². The van der Waals surface area contributed by atoms with Crippen LogP contribution in [0, 0.1) is 6.92 Å².